The lowest BCUT2D eigenvalue weighted by molar-refractivity contribution is -0.137. The fourth-order valence-electron chi connectivity index (χ4n) is 2.20. The summed E-state index contributed by atoms with van der Waals surface area (Å²) < 4.78 is 44.6. The van der Waals surface area contributed by atoms with Gasteiger partial charge in [-0.2, -0.15) is 13.2 Å². The topological polar surface area (TPSA) is 50.5 Å². The summed E-state index contributed by atoms with van der Waals surface area (Å²) in [6.07, 6.45) is -1.59. The number of aliphatic hydroxyl groups excluding tert-OH is 1. The van der Waals surface area contributed by atoms with Gasteiger partial charge in [0.15, 0.2) is 0 Å². The molecule has 1 unspecified atom stereocenters. The second-order valence-electron chi connectivity index (χ2n) is 5.64. The molecular weight excluding hydrogens is 323 g/mol. The van der Waals surface area contributed by atoms with Crippen molar-refractivity contribution in [1.29, 1.82) is 0 Å². The maximum Gasteiger partial charge on any atom is 0.416 e. The molecule has 1 aromatic carbocycles. The van der Waals surface area contributed by atoms with E-state index in [-0.39, 0.29) is 12.4 Å². The number of imidazole rings is 1. The third-order valence-corrected chi connectivity index (χ3v) is 3.48. The first-order valence-corrected chi connectivity index (χ1v) is 7.38. The van der Waals surface area contributed by atoms with Crippen molar-refractivity contribution < 1.29 is 23.0 Å². The third-order valence-electron chi connectivity index (χ3n) is 3.48. The highest BCUT2D eigenvalue weighted by Crippen LogP contribution is 2.30. The van der Waals surface area contributed by atoms with Crippen LogP contribution >= 0.6 is 0 Å². The van der Waals surface area contributed by atoms with Crippen LogP contribution in [0.3, 0.4) is 0 Å². The van der Waals surface area contributed by atoms with Crippen LogP contribution in [0.4, 0.5) is 13.2 Å². The Kier molecular flexibility index (Phi) is 5.84. The number of aryl methyl sites for hydroxylation is 1. The van der Waals surface area contributed by atoms with E-state index in [9.17, 15) is 18.3 Å². The molecule has 132 valence electrons. The molecule has 0 aliphatic carbocycles. The van der Waals surface area contributed by atoms with Gasteiger partial charge in [0.1, 0.15) is 24.3 Å². The van der Waals surface area contributed by atoms with Gasteiger partial charge < -0.3 is 14.4 Å². The molecule has 8 heteroatoms. The van der Waals surface area contributed by atoms with Crippen molar-refractivity contribution in [2.45, 2.75) is 18.8 Å². The molecule has 0 bridgehead atoms. The van der Waals surface area contributed by atoms with Crippen LogP contribution in [0, 0.1) is 0 Å². The summed E-state index contributed by atoms with van der Waals surface area (Å²) in [5, 5.41) is 9.99. The maximum absolute atomic E-state index is 12.5. The molecule has 1 N–H and O–H groups in total. The van der Waals surface area contributed by atoms with Gasteiger partial charge in [-0.3, -0.25) is 4.90 Å². The molecular formula is C16H20F3N3O2. The van der Waals surface area contributed by atoms with Gasteiger partial charge in [-0.25, -0.2) is 4.98 Å². The van der Waals surface area contributed by atoms with Crippen LogP contribution in [-0.4, -0.2) is 45.9 Å². The van der Waals surface area contributed by atoms with Crippen LogP contribution in [0.25, 0.3) is 0 Å². The third kappa shape index (κ3) is 5.24. The zero-order valence-corrected chi connectivity index (χ0v) is 13.5. The van der Waals surface area contributed by atoms with E-state index in [1.165, 1.54) is 12.1 Å². The monoisotopic (exact) mass is 343 g/mol. The van der Waals surface area contributed by atoms with E-state index in [0.29, 0.717) is 13.1 Å². The molecule has 0 aliphatic rings. The number of alkyl halides is 3. The summed E-state index contributed by atoms with van der Waals surface area (Å²) in [5.74, 6) is 1.15. The second-order valence-corrected chi connectivity index (χ2v) is 5.64. The van der Waals surface area contributed by atoms with E-state index >= 15 is 0 Å². The molecule has 0 radical (unpaired) electrons. The Morgan fingerprint density at radius 3 is 2.50 bits per heavy atom. The first kappa shape index (κ1) is 18.3. The quantitative estimate of drug-likeness (QED) is 0.838. The van der Waals surface area contributed by atoms with Gasteiger partial charge in [-0.05, 0) is 31.3 Å². The van der Waals surface area contributed by atoms with Crippen molar-refractivity contribution in [3.8, 4) is 5.75 Å². The Labute approximate surface area is 138 Å². The number of hydrogen-bond donors (Lipinski definition) is 1. The predicted octanol–water partition coefficient (Wildman–Crippen LogP) is 2.31. The zero-order valence-electron chi connectivity index (χ0n) is 13.5. The Morgan fingerprint density at radius 1 is 1.29 bits per heavy atom. The fourth-order valence-corrected chi connectivity index (χ4v) is 2.20. The van der Waals surface area contributed by atoms with Gasteiger partial charge >= 0.3 is 6.18 Å². The summed E-state index contributed by atoms with van der Waals surface area (Å²) in [4.78, 5) is 6.09. The Balaban J connectivity index is 1.78. The van der Waals surface area contributed by atoms with Gasteiger partial charge in [-0.1, -0.05) is 0 Å². The molecule has 1 atom stereocenters. The molecule has 24 heavy (non-hydrogen) atoms. The number of rotatable bonds is 7. The fraction of sp³-hybridized carbons (Fsp3) is 0.438. The minimum absolute atomic E-state index is 0.00370. The molecule has 0 saturated heterocycles. The molecule has 0 amide bonds. The standard InChI is InChI=1S/C16H20F3N3O2/c1-21(10-15-20-7-8-22(15)2)9-13(23)11-24-14-5-3-12(4-6-14)16(17,18)19/h3-8,13,23H,9-11H2,1-2H3. The van der Waals surface area contributed by atoms with Crippen molar-refractivity contribution in [3.63, 3.8) is 0 Å². The normalized spacial score (nSPS) is 13.3. The van der Waals surface area contributed by atoms with Crippen molar-refractivity contribution in [1.82, 2.24) is 14.5 Å². The molecule has 5 nitrogen and oxygen atoms in total. The molecule has 0 spiro atoms. The highest BCUT2D eigenvalue weighted by molar-refractivity contribution is 5.28. The number of halogens is 3. The Morgan fingerprint density at radius 2 is 1.96 bits per heavy atom. The molecule has 2 rings (SSSR count). The van der Waals surface area contributed by atoms with Gasteiger partial charge in [-0.15, -0.1) is 0 Å². The summed E-state index contributed by atoms with van der Waals surface area (Å²) in [5.41, 5.74) is -0.731. The Hall–Kier alpha value is -2.06. The minimum Gasteiger partial charge on any atom is -0.491 e. The van der Waals surface area contributed by atoms with Crippen LogP contribution < -0.4 is 4.74 Å². The zero-order chi connectivity index (χ0) is 17.7. The lowest BCUT2D eigenvalue weighted by Crippen LogP contribution is -2.33. The van der Waals surface area contributed by atoms with E-state index in [0.717, 1.165) is 18.0 Å². The molecule has 0 fully saturated rings. The van der Waals surface area contributed by atoms with Gasteiger partial charge in [0, 0.05) is 26.0 Å². The van der Waals surface area contributed by atoms with E-state index in [1.807, 2.05) is 29.8 Å². The van der Waals surface area contributed by atoms with Crippen molar-refractivity contribution in [3.05, 3.63) is 48.0 Å². The van der Waals surface area contributed by atoms with Crippen LogP contribution in [0.15, 0.2) is 36.7 Å². The SMILES string of the molecule is CN(Cc1nccn1C)CC(O)COc1ccc(C(F)(F)F)cc1. The predicted molar refractivity (Wildman–Crippen MR) is 82.5 cm³/mol. The van der Waals surface area contributed by atoms with Crippen LogP contribution in [0.1, 0.15) is 11.4 Å². The average Bonchev–Trinajstić information content (AvgIpc) is 2.90. The number of benzene rings is 1. The average molecular weight is 343 g/mol. The van der Waals surface area contributed by atoms with E-state index in [4.69, 9.17) is 4.74 Å². The molecule has 1 heterocycles. The van der Waals surface area contributed by atoms with E-state index in [1.54, 1.807) is 6.20 Å². The molecule has 0 saturated carbocycles. The smallest absolute Gasteiger partial charge is 0.416 e. The largest absolute Gasteiger partial charge is 0.491 e. The first-order chi connectivity index (χ1) is 11.3. The number of aliphatic hydroxyl groups is 1. The number of aromatic nitrogens is 2. The van der Waals surface area contributed by atoms with E-state index in [2.05, 4.69) is 4.98 Å². The first-order valence-electron chi connectivity index (χ1n) is 7.38. The van der Waals surface area contributed by atoms with Gasteiger partial charge in [0.25, 0.3) is 0 Å². The Bertz CT molecular complexity index is 641. The summed E-state index contributed by atoms with van der Waals surface area (Å²) in [7, 11) is 3.73. The molecule has 1 aromatic heterocycles. The lowest BCUT2D eigenvalue weighted by atomic mass is 10.2. The second kappa shape index (κ2) is 7.67. The number of hydrogen-bond acceptors (Lipinski definition) is 4. The highest BCUT2D eigenvalue weighted by Gasteiger charge is 2.30. The number of nitrogens with zero attached hydrogens (tertiary/aromatic N) is 3. The van der Waals surface area contributed by atoms with Crippen LogP contribution in [0.5, 0.6) is 5.75 Å². The lowest BCUT2D eigenvalue weighted by Gasteiger charge is -2.20. The van der Waals surface area contributed by atoms with Crippen LogP contribution in [-0.2, 0) is 19.8 Å². The molecule has 0 aliphatic heterocycles. The van der Waals surface area contributed by atoms with Gasteiger partial charge in [0.05, 0.1) is 12.1 Å². The molecule has 2 aromatic rings. The number of likely N-dealkylation sites (N-methyl/N-ethyl adjacent to an activating group) is 1. The van der Waals surface area contributed by atoms with Gasteiger partial charge in [0.2, 0.25) is 0 Å². The van der Waals surface area contributed by atoms with Crippen LogP contribution in [0.2, 0.25) is 0 Å². The number of ether oxygens (including phenoxy) is 1. The van der Waals surface area contributed by atoms with Crippen molar-refractivity contribution in [2.75, 3.05) is 20.2 Å². The van der Waals surface area contributed by atoms with Crippen molar-refractivity contribution >= 4 is 0 Å². The maximum atomic E-state index is 12.5. The summed E-state index contributed by atoms with van der Waals surface area (Å²) in [6, 6.07) is 4.39. The summed E-state index contributed by atoms with van der Waals surface area (Å²) >= 11 is 0. The van der Waals surface area contributed by atoms with Crippen molar-refractivity contribution in [2.24, 2.45) is 7.05 Å². The minimum atomic E-state index is -4.37. The highest BCUT2D eigenvalue weighted by atomic mass is 19.4. The summed E-state index contributed by atoms with van der Waals surface area (Å²) in [6.45, 7) is 0.921. The van der Waals surface area contributed by atoms with E-state index < -0.39 is 17.8 Å².